The Hall–Kier alpha value is -2.73. The normalized spacial score (nSPS) is 18.2. The second kappa shape index (κ2) is 5.97. The maximum atomic E-state index is 14.4. The Balaban J connectivity index is 2.00. The molecular formula is C18H14ClFN4O. The van der Waals surface area contributed by atoms with Gasteiger partial charge in [-0.3, -0.25) is 10.4 Å². The van der Waals surface area contributed by atoms with Gasteiger partial charge in [0.05, 0.1) is 24.2 Å². The lowest BCUT2D eigenvalue weighted by atomic mass is 10.00. The van der Waals surface area contributed by atoms with E-state index in [4.69, 9.17) is 21.3 Å². The number of hydrazone groups is 1. The number of hydrogen-bond donors (Lipinski definition) is 1. The van der Waals surface area contributed by atoms with Gasteiger partial charge in [-0.1, -0.05) is 29.8 Å². The number of benzene rings is 2. The number of methoxy groups -OCH3 is 1. The van der Waals surface area contributed by atoms with Crippen LogP contribution in [0.1, 0.15) is 18.1 Å². The summed E-state index contributed by atoms with van der Waals surface area (Å²) in [5, 5.41) is 4.73. The maximum absolute atomic E-state index is 14.4. The third-order valence-corrected chi connectivity index (χ3v) is 4.48. The zero-order valence-electron chi connectivity index (χ0n) is 13.5. The van der Waals surface area contributed by atoms with Crippen molar-refractivity contribution >= 4 is 34.5 Å². The van der Waals surface area contributed by atoms with E-state index in [1.54, 1.807) is 12.1 Å². The number of fused-ring (bicyclic) bond motifs is 2. The zero-order chi connectivity index (χ0) is 17.6. The van der Waals surface area contributed by atoms with Crippen LogP contribution in [0.2, 0.25) is 5.02 Å². The first-order chi connectivity index (χ1) is 12.1. The number of halogens is 2. The first-order valence-electron chi connectivity index (χ1n) is 7.68. The lowest BCUT2D eigenvalue weighted by Crippen LogP contribution is -2.26. The van der Waals surface area contributed by atoms with Gasteiger partial charge in [-0.15, -0.1) is 0 Å². The van der Waals surface area contributed by atoms with Crippen molar-refractivity contribution < 1.29 is 9.13 Å². The molecule has 0 saturated carbocycles. The summed E-state index contributed by atoms with van der Waals surface area (Å²) in [6, 6.07) is 9.92. The quantitative estimate of drug-likeness (QED) is 0.891. The minimum absolute atomic E-state index is 0.121. The second-order valence-corrected chi connectivity index (χ2v) is 6.13. The summed E-state index contributed by atoms with van der Waals surface area (Å²) in [6.45, 7) is 1.87. The largest absolute Gasteiger partial charge is 0.494 e. The van der Waals surface area contributed by atoms with Crippen LogP contribution in [0, 0.1) is 5.82 Å². The van der Waals surface area contributed by atoms with Crippen LogP contribution in [0.25, 0.3) is 0 Å². The lowest BCUT2D eigenvalue weighted by Gasteiger charge is -2.12. The number of nitrogens with zero attached hydrogens (tertiary/aromatic N) is 3. The Labute approximate surface area is 148 Å². The van der Waals surface area contributed by atoms with Crippen molar-refractivity contribution in [2.45, 2.75) is 13.0 Å². The van der Waals surface area contributed by atoms with Gasteiger partial charge in [-0.05, 0) is 19.1 Å². The number of ether oxygens (including phenoxy) is 1. The highest BCUT2D eigenvalue weighted by atomic mass is 35.5. The monoisotopic (exact) mass is 356 g/mol. The highest BCUT2D eigenvalue weighted by molar-refractivity contribution is 6.36. The molecule has 5 nitrogen and oxygen atoms in total. The molecule has 0 bridgehead atoms. The Kier molecular flexibility index (Phi) is 3.77. The van der Waals surface area contributed by atoms with Crippen molar-refractivity contribution in [3.8, 4) is 5.75 Å². The van der Waals surface area contributed by atoms with Crippen LogP contribution in [0.5, 0.6) is 5.75 Å². The van der Waals surface area contributed by atoms with Gasteiger partial charge in [-0.25, -0.2) is 9.38 Å². The fraction of sp³-hybridized carbons (Fsp3) is 0.167. The van der Waals surface area contributed by atoms with Crippen LogP contribution in [0.4, 0.5) is 10.1 Å². The molecule has 0 spiro atoms. The molecule has 0 saturated heterocycles. The third-order valence-electron chi connectivity index (χ3n) is 4.15. The van der Waals surface area contributed by atoms with Crippen molar-refractivity contribution in [3.63, 3.8) is 0 Å². The Bertz CT molecular complexity index is 968. The van der Waals surface area contributed by atoms with Crippen molar-refractivity contribution in [2.24, 2.45) is 15.1 Å². The maximum Gasteiger partial charge on any atom is 0.165 e. The van der Waals surface area contributed by atoms with E-state index in [1.807, 2.05) is 25.1 Å². The molecule has 2 aliphatic rings. The molecule has 0 radical (unpaired) electrons. The summed E-state index contributed by atoms with van der Waals surface area (Å²) in [5.74, 6) is 0.233. The minimum Gasteiger partial charge on any atom is -0.494 e. The average Bonchev–Trinajstić information content (AvgIpc) is 2.86. The smallest absolute Gasteiger partial charge is 0.165 e. The summed E-state index contributed by atoms with van der Waals surface area (Å²) in [6.07, 6.45) is 0. The highest BCUT2D eigenvalue weighted by Gasteiger charge is 2.30. The number of nitrogens with one attached hydrogen (secondary N) is 1. The highest BCUT2D eigenvalue weighted by Crippen LogP contribution is 2.34. The molecule has 2 aromatic carbocycles. The summed E-state index contributed by atoms with van der Waals surface area (Å²) >= 11 is 6.37. The van der Waals surface area contributed by atoms with Gasteiger partial charge >= 0.3 is 0 Å². The Morgan fingerprint density at radius 1 is 1.20 bits per heavy atom. The lowest BCUT2D eigenvalue weighted by molar-refractivity contribution is 0.386. The molecule has 2 heterocycles. The van der Waals surface area contributed by atoms with Gasteiger partial charge in [0.25, 0.3) is 0 Å². The van der Waals surface area contributed by atoms with E-state index in [9.17, 15) is 4.39 Å². The molecule has 1 atom stereocenters. The van der Waals surface area contributed by atoms with Crippen LogP contribution in [-0.2, 0) is 0 Å². The van der Waals surface area contributed by atoms with Crippen LogP contribution in [0.3, 0.4) is 0 Å². The third kappa shape index (κ3) is 2.59. The van der Waals surface area contributed by atoms with Gasteiger partial charge in [0.2, 0.25) is 0 Å². The molecule has 7 heteroatoms. The fourth-order valence-electron chi connectivity index (χ4n) is 2.88. The van der Waals surface area contributed by atoms with Gasteiger partial charge in [-0.2, -0.15) is 5.10 Å². The first kappa shape index (κ1) is 15.8. The van der Waals surface area contributed by atoms with Crippen LogP contribution >= 0.6 is 11.6 Å². The van der Waals surface area contributed by atoms with Crippen LogP contribution < -0.4 is 10.2 Å². The predicted molar refractivity (Wildman–Crippen MR) is 97.2 cm³/mol. The van der Waals surface area contributed by atoms with E-state index < -0.39 is 5.82 Å². The molecule has 0 amide bonds. The van der Waals surface area contributed by atoms with E-state index in [2.05, 4.69) is 15.5 Å². The number of aliphatic imine (C=N–C) groups is 2. The summed E-state index contributed by atoms with van der Waals surface area (Å²) in [4.78, 5) is 9.38. The molecule has 4 rings (SSSR count). The molecule has 2 aliphatic heterocycles. The molecule has 0 aromatic heterocycles. The number of rotatable bonds is 2. The van der Waals surface area contributed by atoms with Crippen molar-refractivity contribution in [1.29, 1.82) is 0 Å². The van der Waals surface area contributed by atoms with Crippen molar-refractivity contribution in [1.82, 2.24) is 5.43 Å². The molecular weight excluding hydrogens is 343 g/mol. The van der Waals surface area contributed by atoms with E-state index in [-0.39, 0.29) is 11.8 Å². The first-order valence-corrected chi connectivity index (χ1v) is 8.05. The SMILES string of the molecule is COc1cc2c(cc1F)C(c1ccccc1Cl)=NC1C(C)=NNC1=N2. The summed E-state index contributed by atoms with van der Waals surface area (Å²) in [7, 11) is 1.42. The molecule has 0 aliphatic carbocycles. The number of amidine groups is 1. The van der Waals surface area contributed by atoms with E-state index in [0.29, 0.717) is 33.4 Å². The molecule has 2 aromatic rings. The van der Waals surface area contributed by atoms with Crippen LogP contribution in [0.15, 0.2) is 51.5 Å². The van der Waals surface area contributed by atoms with Gasteiger partial charge in [0.15, 0.2) is 17.4 Å². The van der Waals surface area contributed by atoms with Gasteiger partial charge < -0.3 is 4.74 Å². The summed E-state index contributed by atoms with van der Waals surface area (Å²) in [5.41, 5.74) is 6.07. The molecule has 1 unspecified atom stereocenters. The Morgan fingerprint density at radius 3 is 2.76 bits per heavy atom. The predicted octanol–water partition coefficient (Wildman–Crippen LogP) is 3.72. The van der Waals surface area contributed by atoms with Gasteiger partial charge in [0.1, 0.15) is 6.04 Å². The Morgan fingerprint density at radius 2 is 2.00 bits per heavy atom. The van der Waals surface area contributed by atoms with E-state index >= 15 is 0 Å². The standard InChI is InChI=1S/C18H14ClFN4O/c1-9-16-18(24-23-9)21-14-8-15(25-2)13(20)7-11(14)17(22-16)10-5-3-4-6-12(10)19/h3-8,16H,1-2H3,(H,21,24). The second-order valence-electron chi connectivity index (χ2n) is 5.73. The molecule has 0 fully saturated rings. The molecule has 1 N–H and O–H groups in total. The molecule has 25 heavy (non-hydrogen) atoms. The van der Waals surface area contributed by atoms with Gasteiger partial charge in [0, 0.05) is 22.2 Å². The fourth-order valence-corrected chi connectivity index (χ4v) is 3.11. The topological polar surface area (TPSA) is 58.3 Å². The van der Waals surface area contributed by atoms with Crippen molar-refractivity contribution in [2.75, 3.05) is 7.11 Å². The van der Waals surface area contributed by atoms with Crippen molar-refractivity contribution in [3.05, 3.63) is 58.4 Å². The minimum atomic E-state index is -0.480. The van der Waals surface area contributed by atoms with E-state index in [1.165, 1.54) is 13.2 Å². The summed E-state index contributed by atoms with van der Waals surface area (Å²) < 4.78 is 19.5. The van der Waals surface area contributed by atoms with E-state index in [0.717, 1.165) is 5.71 Å². The van der Waals surface area contributed by atoms with Crippen LogP contribution in [-0.4, -0.2) is 30.4 Å². The molecule has 126 valence electrons. The number of hydrogen-bond acceptors (Lipinski definition) is 5. The zero-order valence-corrected chi connectivity index (χ0v) is 14.3. The average molecular weight is 357 g/mol.